The van der Waals surface area contributed by atoms with Crippen LogP contribution in [0.4, 0.5) is 0 Å². The number of ether oxygens (including phenoxy) is 1. The number of carbonyl (C=O) groups is 1. The molecule has 1 fully saturated rings. The van der Waals surface area contributed by atoms with Gasteiger partial charge in [-0.15, -0.1) is 0 Å². The summed E-state index contributed by atoms with van der Waals surface area (Å²) in [5.41, 5.74) is 6.05. The molecule has 0 saturated carbocycles. The molecular weight excluding hydrogens is 296 g/mol. The van der Waals surface area contributed by atoms with Gasteiger partial charge in [-0.05, 0) is 32.9 Å². The van der Waals surface area contributed by atoms with E-state index in [0.29, 0.717) is 6.54 Å². The van der Waals surface area contributed by atoms with Gasteiger partial charge in [-0.3, -0.25) is 10.1 Å². The van der Waals surface area contributed by atoms with Crippen LogP contribution in [0.25, 0.3) is 0 Å². The Bertz CT molecular complexity index is 356. The molecule has 6 N–H and O–H groups in total. The summed E-state index contributed by atoms with van der Waals surface area (Å²) in [5.74, 6) is -0.437. The van der Waals surface area contributed by atoms with Gasteiger partial charge in [0.1, 0.15) is 6.23 Å². The van der Waals surface area contributed by atoms with Gasteiger partial charge >= 0.3 is 0 Å². The van der Waals surface area contributed by atoms with Crippen LogP contribution in [-0.2, 0) is 9.53 Å². The van der Waals surface area contributed by atoms with Crippen LogP contribution in [0.3, 0.4) is 0 Å². The highest BCUT2D eigenvalue weighted by Crippen LogP contribution is 2.25. The van der Waals surface area contributed by atoms with Crippen LogP contribution in [0.15, 0.2) is 0 Å². The number of rotatable bonds is 10. The lowest BCUT2D eigenvalue weighted by molar-refractivity contribution is -0.126. The SMILES string of the molecule is CCNCCCCNC(=O)C(C)C(N)NC1OC(C)C(C)C1O. The fourth-order valence-electron chi connectivity index (χ4n) is 2.55. The zero-order valence-electron chi connectivity index (χ0n) is 14.8. The van der Waals surface area contributed by atoms with Gasteiger partial charge < -0.3 is 26.2 Å². The van der Waals surface area contributed by atoms with E-state index >= 15 is 0 Å². The summed E-state index contributed by atoms with van der Waals surface area (Å²) in [7, 11) is 0. The van der Waals surface area contributed by atoms with E-state index in [1.165, 1.54) is 0 Å². The van der Waals surface area contributed by atoms with Gasteiger partial charge in [0.25, 0.3) is 0 Å². The van der Waals surface area contributed by atoms with Crippen LogP contribution in [0.5, 0.6) is 0 Å². The lowest BCUT2D eigenvalue weighted by Crippen LogP contribution is -2.55. The summed E-state index contributed by atoms with van der Waals surface area (Å²) < 4.78 is 5.64. The molecule has 1 aliphatic rings. The van der Waals surface area contributed by atoms with Crippen molar-refractivity contribution in [3.8, 4) is 0 Å². The molecule has 1 saturated heterocycles. The van der Waals surface area contributed by atoms with Crippen LogP contribution in [0.2, 0.25) is 0 Å². The van der Waals surface area contributed by atoms with E-state index < -0.39 is 24.4 Å². The molecule has 7 nitrogen and oxygen atoms in total. The number of amides is 1. The smallest absolute Gasteiger partial charge is 0.225 e. The first kappa shape index (κ1) is 20.3. The van der Waals surface area contributed by atoms with Gasteiger partial charge in [0, 0.05) is 12.5 Å². The topological polar surface area (TPSA) is 109 Å². The lowest BCUT2D eigenvalue weighted by Gasteiger charge is -2.26. The number of unbranched alkanes of at least 4 members (excludes halogenated alkanes) is 1. The first-order chi connectivity index (χ1) is 10.9. The number of hydrogen-bond acceptors (Lipinski definition) is 6. The number of nitrogens with two attached hydrogens (primary N) is 1. The van der Waals surface area contributed by atoms with Crippen LogP contribution >= 0.6 is 0 Å². The molecule has 6 unspecified atom stereocenters. The van der Waals surface area contributed by atoms with Gasteiger partial charge in [-0.2, -0.15) is 0 Å². The third kappa shape index (κ3) is 6.35. The van der Waals surface area contributed by atoms with E-state index in [9.17, 15) is 9.90 Å². The van der Waals surface area contributed by atoms with E-state index in [1.807, 2.05) is 13.8 Å². The Hall–Kier alpha value is -0.730. The van der Waals surface area contributed by atoms with Crippen molar-refractivity contribution < 1.29 is 14.6 Å². The predicted octanol–water partition coefficient (Wildman–Crippen LogP) is -0.255. The van der Waals surface area contributed by atoms with Gasteiger partial charge in [-0.1, -0.05) is 20.8 Å². The molecule has 7 heteroatoms. The fourth-order valence-corrected chi connectivity index (χ4v) is 2.55. The second-order valence-electron chi connectivity index (χ2n) is 6.44. The summed E-state index contributed by atoms with van der Waals surface area (Å²) in [6, 6.07) is 0. The highest BCUT2D eigenvalue weighted by Gasteiger charge is 2.39. The number of aliphatic hydroxyl groups is 1. The molecule has 0 spiro atoms. The summed E-state index contributed by atoms with van der Waals surface area (Å²) in [6.45, 7) is 10.3. The highest BCUT2D eigenvalue weighted by molar-refractivity contribution is 5.78. The first-order valence-corrected chi connectivity index (χ1v) is 8.72. The minimum absolute atomic E-state index is 0.0319. The second kappa shape index (κ2) is 10.2. The zero-order chi connectivity index (χ0) is 17.4. The van der Waals surface area contributed by atoms with Crippen molar-refractivity contribution in [1.29, 1.82) is 0 Å². The molecule has 1 amide bonds. The molecule has 0 radical (unpaired) electrons. The van der Waals surface area contributed by atoms with Crippen molar-refractivity contribution in [2.75, 3.05) is 19.6 Å². The maximum absolute atomic E-state index is 12.1. The Morgan fingerprint density at radius 3 is 2.52 bits per heavy atom. The minimum Gasteiger partial charge on any atom is -0.389 e. The number of nitrogens with one attached hydrogen (secondary N) is 3. The van der Waals surface area contributed by atoms with Crippen molar-refractivity contribution in [1.82, 2.24) is 16.0 Å². The Balaban J connectivity index is 2.27. The normalized spacial score (nSPS) is 30.2. The van der Waals surface area contributed by atoms with Crippen LogP contribution in [0.1, 0.15) is 40.5 Å². The number of carbonyl (C=O) groups excluding carboxylic acids is 1. The van der Waals surface area contributed by atoms with Gasteiger partial charge in [0.2, 0.25) is 5.91 Å². The van der Waals surface area contributed by atoms with E-state index in [2.05, 4.69) is 22.9 Å². The predicted molar refractivity (Wildman–Crippen MR) is 90.6 cm³/mol. The quantitative estimate of drug-likeness (QED) is 0.279. The monoisotopic (exact) mass is 330 g/mol. The zero-order valence-corrected chi connectivity index (χ0v) is 14.8. The van der Waals surface area contributed by atoms with E-state index in [0.717, 1.165) is 25.9 Å². The van der Waals surface area contributed by atoms with Gasteiger partial charge in [0.05, 0.1) is 24.3 Å². The molecule has 0 bridgehead atoms. The van der Waals surface area contributed by atoms with Crippen molar-refractivity contribution in [3.05, 3.63) is 0 Å². The van der Waals surface area contributed by atoms with Crippen molar-refractivity contribution >= 4 is 5.91 Å². The van der Waals surface area contributed by atoms with E-state index in [-0.39, 0.29) is 17.9 Å². The standard InChI is InChI=1S/C16H34N4O3/c1-5-18-8-6-7-9-19-15(22)11(3)14(17)20-16-13(21)10(2)12(4)23-16/h10-14,16,18,20-21H,5-9,17H2,1-4H3,(H,19,22). The molecular formula is C16H34N4O3. The third-order valence-electron chi connectivity index (χ3n) is 4.59. The van der Waals surface area contributed by atoms with Crippen LogP contribution in [0, 0.1) is 11.8 Å². The largest absolute Gasteiger partial charge is 0.389 e. The molecule has 0 aliphatic carbocycles. The van der Waals surface area contributed by atoms with Crippen molar-refractivity contribution in [2.24, 2.45) is 17.6 Å². The molecule has 0 aromatic heterocycles. The summed E-state index contributed by atoms with van der Waals surface area (Å²) in [4.78, 5) is 12.1. The molecule has 23 heavy (non-hydrogen) atoms. The van der Waals surface area contributed by atoms with Crippen molar-refractivity contribution in [2.45, 2.75) is 65.1 Å². The summed E-state index contributed by atoms with van der Waals surface area (Å²) in [5, 5.41) is 19.3. The number of hydrogen-bond donors (Lipinski definition) is 5. The van der Waals surface area contributed by atoms with Crippen LogP contribution < -0.4 is 21.7 Å². The Labute approximate surface area is 139 Å². The third-order valence-corrected chi connectivity index (χ3v) is 4.59. The average molecular weight is 330 g/mol. The number of aliphatic hydroxyl groups excluding tert-OH is 1. The lowest BCUT2D eigenvalue weighted by atomic mass is 10.0. The maximum Gasteiger partial charge on any atom is 0.225 e. The fraction of sp³-hybridized carbons (Fsp3) is 0.938. The first-order valence-electron chi connectivity index (χ1n) is 8.72. The van der Waals surface area contributed by atoms with E-state index in [1.54, 1.807) is 6.92 Å². The molecule has 136 valence electrons. The van der Waals surface area contributed by atoms with E-state index in [4.69, 9.17) is 10.5 Å². The summed E-state index contributed by atoms with van der Waals surface area (Å²) in [6.07, 6.45) is 0.241. The molecule has 1 heterocycles. The van der Waals surface area contributed by atoms with Gasteiger partial charge in [0.15, 0.2) is 0 Å². The molecule has 6 atom stereocenters. The Morgan fingerprint density at radius 2 is 1.96 bits per heavy atom. The Kier molecular flexibility index (Phi) is 9.01. The van der Waals surface area contributed by atoms with Gasteiger partial charge in [-0.25, -0.2) is 0 Å². The van der Waals surface area contributed by atoms with Crippen molar-refractivity contribution in [3.63, 3.8) is 0 Å². The second-order valence-corrected chi connectivity index (χ2v) is 6.44. The molecule has 0 aromatic carbocycles. The summed E-state index contributed by atoms with van der Waals surface area (Å²) >= 11 is 0. The molecule has 1 aliphatic heterocycles. The van der Waals surface area contributed by atoms with Crippen LogP contribution in [-0.4, -0.2) is 55.2 Å². The maximum atomic E-state index is 12.1. The highest BCUT2D eigenvalue weighted by atomic mass is 16.5. The molecule has 0 aromatic rings. The molecule has 1 rings (SSSR count). The Morgan fingerprint density at radius 1 is 1.30 bits per heavy atom. The average Bonchev–Trinajstić information content (AvgIpc) is 2.76. The minimum atomic E-state index is -0.614.